The monoisotopic (exact) mass is 438 g/mol. The highest BCUT2D eigenvalue weighted by molar-refractivity contribution is 6.76. The first kappa shape index (κ1) is 22.8. The van der Waals surface area contributed by atoms with Gasteiger partial charge in [-0.05, 0) is 37.1 Å². The van der Waals surface area contributed by atoms with Crippen molar-refractivity contribution < 1.29 is 14.3 Å². The van der Waals surface area contributed by atoms with Crippen LogP contribution in [0.25, 0.3) is 0 Å². The number of carbonyl (C=O) groups is 1. The van der Waals surface area contributed by atoms with E-state index in [-0.39, 0.29) is 0 Å². The molecule has 0 aliphatic carbocycles. The SMILES string of the molecule is Cc1cnc(OC(c2cn(COCC[Si](C)(C)C)cn2)c2ccncc2C)cc1C=O. The van der Waals surface area contributed by atoms with Crippen LogP contribution in [0, 0.1) is 13.8 Å². The van der Waals surface area contributed by atoms with Gasteiger partial charge in [-0.25, -0.2) is 9.97 Å². The maximum absolute atomic E-state index is 11.3. The van der Waals surface area contributed by atoms with Gasteiger partial charge >= 0.3 is 0 Å². The number of pyridine rings is 2. The van der Waals surface area contributed by atoms with Gasteiger partial charge in [0.05, 0.1) is 6.33 Å². The van der Waals surface area contributed by atoms with Crippen LogP contribution in [0.4, 0.5) is 0 Å². The Kier molecular flexibility index (Phi) is 7.35. The summed E-state index contributed by atoms with van der Waals surface area (Å²) in [6.07, 6.45) is 9.16. The van der Waals surface area contributed by atoms with Gasteiger partial charge in [0.2, 0.25) is 5.88 Å². The Morgan fingerprint density at radius 3 is 2.68 bits per heavy atom. The van der Waals surface area contributed by atoms with Crippen molar-refractivity contribution in [2.75, 3.05) is 6.61 Å². The van der Waals surface area contributed by atoms with E-state index in [9.17, 15) is 4.79 Å². The molecule has 1 atom stereocenters. The van der Waals surface area contributed by atoms with Gasteiger partial charge in [0.25, 0.3) is 0 Å². The van der Waals surface area contributed by atoms with Crippen molar-refractivity contribution in [3.05, 3.63) is 71.2 Å². The maximum atomic E-state index is 11.3. The van der Waals surface area contributed by atoms with Crippen molar-refractivity contribution in [2.45, 2.75) is 52.4 Å². The van der Waals surface area contributed by atoms with Crippen LogP contribution in [0.1, 0.15) is 38.8 Å². The average Bonchev–Trinajstić information content (AvgIpc) is 3.19. The quantitative estimate of drug-likeness (QED) is 0.262. The lowest BCUT2D eigenvalue weighted by Gasteiger charge is -2.19. The van der Waals surface area contributed by atoms with Crippen LogP contribution < -0.4 is 4.74 Å². The number of nitrogens with zero attached hydrogens (tertiary/aromatic N) is 4. The third-order valence-corrected chi connectivity index (χ3v) is 6.69. The van der Waals surface area contributed by atoms with E-state index in [0.717, 1.165) is 41.3 Å². The predicted octanol–water partition coefficient (Wildman–Crippen LogP) is 4.58. The summed E-state index contributed by atoms with van der Waals surface area (Å²) in [4.78, 5) is 24.4. The molecule has 0 fully saturated rings. The summed E-state index contributed by atoms with van der Waals surface area (Å²) in [6.45, 7) is 12.0. The molecule has 0 bridgehead atoms. The number of hydrogen-bond donors (Lipinski definition) is 0. The van der Waals surface area contributed by atoms with Gasteiger partial charge < -0.3 is 14.0 Å². The molecule has 0 aliphatic heterocycles. The van der Waals surface area contributed by atoms with Crippen LogP contribution in [0.3, 0.4) is 0 Å². The summed E-state index contributed by atoms with van der Waals surface area (Å²) in [5.74, 6) is 0.370. The third-order valence-electron chi connectivity index (χ3n) is 4.99. The van der Waals surface area contributed by atoms with Gasteiger partial charge in [-0.15, -0.1) is 0 Å². The highest BCUT2D eigenvalue weighted by Gasteiger charge is 2.22. The van der Waals surface area contributed by atoms with Crippen molar-refractivity contribution in [2.24, 2.45) is 0 Å². The van der Waals surface area contributed by atoms with Crippen LogP contribution in [-0.2, 0) is 11.5 Å². The molecule has 0 aliphatic rings. The summed E-state index contributed by atoms with van der Waals surface area (Å²) in [7, 11) is -1.12. The average molecular weight is 439 g/mol. The number of ether oxygens (including phenoxy) is 2. The van der Waals surface area contributed by atoms with Crippen LogP contribution >= 0.6 is 0 Å². The molecule has 31 heavy (non-hydrogen) atoms. The summed E-state index contributed by atoms with van der Waals surface area (Å²) in [5.41, 5.74) is 4.01. The van der Waals surface area contributed by atoms with E-state index in [2.05, 4.69) is 34.6 Å². The molecule has 0 aromatic carbocycles. The lowest BCUT2D eigenvalue weighted by atomic mass is 10.0. The molecule has 0 N–H and O–H groups in total. The summed E-state index contributed by atoms with van der Waals surface area (Å²) >= 11 is 0. The second-order valence-electron chi connectivity index (χ2n) is 8.89. The minimum absolute atomic E-state index is 0.370. The molecule has 0 amide bonds. The Morgan fingerprint density at radius 1 is 1.16 bits per heavy atom. The highest BCUT2D eigenvalue weighted by Crippen LogP contribution is 2.29. The number of hydrogen-bond acceptors (Lipinski definition) is 6. The molecule has 8 heteroatoms. The molecule has 3 aromatic heterocycles. The number of aldehydes is 1. The van der Waals surface area contributed by atoms with Crippen LogP contribution in [0.2, 0.25) is 25.7 Å². The zero-order valence-electron chi connectivity index (χ0n) is 18.8. The summed E-state index contributed by atoms with van der Waals surface area (Å²) in [5, 5.41) is 0. The zero-order chi connectivity index (χ0) is 22.4. The molecule has 0 saturated carbocycles. The van der Waals surface area contributed by atoms with Gasteiger partial charge in [-0.3, -0.25) is 9.78 Å². The Morgan fingerprint density at radius 2 is 1.97 bits per heavy atom. The van der Waals surface area contributed by atoms with Crippen molar-refractivity contribution in [1.29, 1.82) is 0 Å². The molecule has 1 unspecified atom stereocenters. The fourth-order valence-electron chi connectivity index (χ4n) is 3.02. The molecule has 3 heterocycles. The largest absolute Gasteiger partial charge is 0.463 e. The molecule has 7 nitrogen and oxygen atoms in total. The second kappa shape index (κ2) is 9.98. The van der Waals surface area contributed by atoms with E-state index in [1.54, 1.807) is 31.0 Å². The smallest absolute Gasteiger partial charge is 0.214 e. The Labute approximate surface area is 184 Å². The van der Waals surface area contributed by atoms with E-state index in [1.165, 1.54) is 0 Å². The number of rotatable bonds is 10. The van der Waals surface area contributed by atoms with Crippen molar-refractivity contribution in [1.82, 2.24) is 19.5 Å². The van der Waals surface area contributed by atoms with Crippen LogP contribution in [0.15, 0.2) is 43.2 Å². The van der Waals surface area contributed by atoms with Crippen LogP contribution in [-0.4, -0.2) is 40.5 Å². The van der Waals surface area contributed by atoms with Crippen molar-refractivity contribution in [3.8, 4) is 5.88 Å². The molecular formula is C23H30N4O3Si. The lowest BCUT2D eigenvalue weighted by molar-refractivity contribution is 0.0869. The normalized spacial score (nSPS) is 12.5. The fourth-order valence-corrected chi connectivity index (χ4v) is 3.78. The van der Waals surface area contributed by atoms with Crippen molar-refractivity contribution in [3.63, 3.8) is 0 Å². The van der Waals surface area contributed by atoms with E-state index >= 15 is 0 Å². The van der Waals surface area contributed by atoms with Gasteiger partial charge in [-0.2, -0.15) is 0 Å². The van der Waals surface area contributed by atoms with Gasteiger partial charge in [0, 0.05) is 56.7 Å². The molecule has 164 valence electrons. The lowest BCUT2D eigenvalue weighted by Crippen LogP contribution is -2.21. The predicted molar refractivity (Wildman–Crippen MR) is 122 cm³/mol. The first-order chi connectivity index (χ1) is 14.8. The number of aromatic nitrogens is 4. The van der Waals surface area contributed by atoms with E-state index in [1.807, 2.05) is 30.7 Å². The second-order valence-corrected chi connectivity index (χ2v) is 14.5. The molecule has 3 aromatic rings. The molecule has 0 saturated heterocycles. The van der Waals surface area contributed by atoms with Gasteiger partial charge in [0.1, 0.15) is 12.4 Å². The highest BCUT2D eigenvalue weighted by atomic mass is 28.3. The van der Waals surface area contributed by atoms with E-state index < -0.39 is 14.2 Å². The molecule has 0 radical (unpaired) electrons. The fraction of sp³-hybridized carbons (Fsp3) is 0.391. The van der Waals surface area contributed by atoms with E-state index in [4.69, 9.17) is 9.47 Å². The third kappa shape index (κ3) is 6.32. The first-order valence-corrected chi connectivity index (χ1v) is 14.1. The summed E-state index contributed by atoms with van der Waals surface area (Å²) < 4.78 is 14.0. The minimum atomic E-state index is -1.12. The zero-order valence-corrected chi connectivity index (χ0v) is 19.8. The maximum Gasteiger partial charge on any atom is 0.214 e. The standard InChI is InChI=1S/C23H30N4O3Si/c1-17-12-25-22(10-19(17)14-28)30-23(20-6-7-24-11-18(20)2)21-13-27(15-26-21)16-29-8-9-31(3,4)5/h6-7,10-15,23H,8-9,16H2,1-5H3. The Bertz CT molecular complexity index is 1030. The number of carbonyl (C=O) groups excluding carboxylic acids is 1. The Balaban J connectivity index is 1.82. The minimum Gasteiger partial charge on any atom is -0.463 e. The molecule has 3 rings (SSSR count). The number of imidazole rings is 1. The van der Waals surface area contributed by atoms with Gasteiger partial charge in [0.15, 0.2) is 12.4 Å². The molecular weight excluding hydrogens is 408 g/mol. The number of aryl methyl sites for hydroxylation is 2. The molecule has 0 spiro atoms. The van der Waals surface area contributed by atoms with Gasteiger partial charge in [-0.1, -0.05) is 19.6 Å². The van der Waals surface area contributed by atoms with Crippen molar-refractivity contribution >= 4 is 14.4 Å². The first-order valence-electron chi connectivity index (χ1n) is 10.4. The van der Waals surface area contributed by atoms with Crippen LogP contribution in [0.5, 0.6) is 5.88 Å². The Hall–Kier alpha value is -2.84. The summed E-state index contributed by atoms with van der Waals surface area (Å²) in [6, 6.07) is 4.69. The topological polar surface area (TPSA) is 79.1 Å². The van der Waals surface area contributed by atoms with E-state index in [0.29, 0.717) is 18.2 Å².